The van der Waals surface area contributed by atoms with Crippen LogP contribution in [0.25, 0.3) is 44.8 Å². The maximum atomic E-state index is 7.58. The Labute approximate surface area is 381 Å². The number of ether oxygens (including phenoxy) is 1. The molecule has 0 aliphatic carbocycles. The van der Waals surface area contributed by atoms with Gasteiger partial charge >= 0.3 is 13.4 Å². The lowest BCUT2D eigenvalue weighted by Crippen LogP contribution is -3.02. The molecule has 0 radical (unpaired) electrons. The molecule has 0 atom stereocenters. The second kappa shape index (κ2) is 10.2. The molecule has 0 N–H and O–H groups in total. The fourth-order valence-electron chi connectivity index (χ4n) is 15.9. The molecule has 296 valence electrons. The van der Waals surface area contributed by atoms with Gasteiger partial charge in [0.25, 0.3) is 11.4 Å². The van der Waals surface area contributed by atoms with Crippen LogP contribution in [0.15, 0.2) is 183 Å². The Bertz CT molecular complexity index is 3820. The van der Waals surface area contributed by atoms with Crippen LogP contribution in [0.1, 0.15) is 0 Å². The Kier molecular flexibility index (Phi) is 5.07. The minimum atomic E-state index is -2.94. The van der Waals surface area contributed by atoms with E-state index in [4.69, 9.17) is 14.7 Å². The van der Waals surface area contributed by atoms with E-state index in [0.29, 0.717) is 4.70 Å². The minimum Gasteiger partial charge on any atom is -0.444 e. The monoisotopic (exact) mass is 866 g/mol. The molecular weight excluding hydrogens is 836 g/mol. The molecule has 4 aromatic heterocycles. The van der Waals surface area contributed by atoms with E-state index in [0.717, 1.165) is 22.9 Å². The van der Waals surface area contributed by atoms with E-state index in [1.165, 1.54) is 119 Å². The van der Waals surface area contributed by atoms with Gasteiger partial charge in [-0.25, -0.2) is 0 Å². The van der Waals surface area contributed by atoms with E-state index in [1.807, 2.05) is 0 Å². The predicted octanol–water partition coefficient (Wildman–Crippen LogP) is -0.315. The summed E-state index contributed by atoms with van der Waals surface area (Å²) in [5.41, 5.74) is 20.8. The van der Waals surface area contributed by atoms with Crippen LogP contribution in [0.3, 0.4) is 0 Å². The van der Waals surface area contributed by atoms with E-state index in [1.54, 1.807) is 0 Å². The Hall–Kier alpha value is -7.76. The molecule has 0 amide bonds. The second-order valence-electron chi connectivity index (χ2n) is 19.5. The molecule has 66 heavy (non-hydrogen) atoms. The molecule has 10 aromatic rings. The fourth-order valence-corrected chi connectivity index (χ4v) is 27.2. The first kappa shape index (κ1) is 32.8. The van der Waals surface area contributed by atoms with Crippen molar-refractivity contribution < 1.29 is 14.1 Å². The van der Waals surface area contributed by atoms with Crippen LogP contribution in [0.5, 0.6) is 11.5 Å². The van der Waals surface area contributed by atoms with Gasteiger partial charge in [0.15, 0.2) is 20.8 Å². The molecule has 9 aliphatic heterocycles. The first-order chi connectivity index (χ1) is 32.8. The van der Waals surface area contributed by atoms with Gasteiger partial charge in [0.2, 0.25) is 35.1 Å². The van der Waals surface area contributed by atoms with Crippen molar-refractivity contribution in [1.82, 2.24) is 14.7 Å². The zero-order valence-corrected chi connectivity index (χ0v) is 37.1. The summed E-state index contributed by atoms with van der Waals surface area (Å²) in [7, 11) is -5.88. The Morgan fingerprint density at radius 3 is 1.18 bits per heavy atom. The summed E-state index contributed by atoms with van der Waals surface area (Å²) in [6.45, 7) is -0.0163. The number of benzene rings is 6. The molecule has 13 heterocycles. The van der Waals surface area contributed by atoms with Gasteiger partial charge in [-0.1, -0.05) is 109 Å². The predicted molar refractivity (Wildman–Crippen MR) is 267 cm³/mol. The number of pyridine rings is 4. The zero-order valence-electron chi connectivity index (χ0n) is 35.1. The van der Waals surface area contributed by atoms with Crippen molar-refractivity contribution in [2.45, 2.75) is 0 Å². The molecule has 10 heteroatoms. The number of nitrogens with zero attached hydrogens (tertiary/aromatic N) is 5. The molecule has 0 saturated carbocycles. The normalized spacial score (nSPS) is 17.2. The van der Waals surface area contributed by atoms with E-state index in [2.05, 4.69) is 192 Å². The van der Waals surface area contributed by atoms with Gasteiger partial charge in [0, 0.05) is 44.8 Å². The maximum Gasteiger partial charge on any atom is 0.344 e. The van der Waals surface area contributed by atoms with Crippen molar-refractivity contribution in [2.24, 2.45) is 0 Å². The smallest absolute Gasteiger partial charge is 0.344 e. The Balaban J connectivity index is 1.05. The van der Waals surface area contributed by atoms with Crippen molar-refractivity contribution in [3.8, 4) is 56.3 Å². The van der Waals surface area contributed by atoms with Crippen LogP contribution in [0, 0.1) is 0 Å². The van der Waals surface area contributed by atoms with Crippen molar-refractivity contribution in [1.29, 1.82) is 0 Å². The molecular formula is C56H30B2N5OSi2+3. The zero-order chi connectivity index (χ0) is 42.2. The molecule has 6 aromatic carbocycles. The van der Waals surface area contributed by atoms with Gasteiger partial charge in [-0.3, -0.25) is 9.97 Å². The third-order valence-corrected chi connectivity index (χ3v) is 27.5. The van der Waals surface area contributed by atoms with Crippen LogP contribution >= 0.6 is 0 Å². The summed E-state index contributed by atoms with van der Waals surface area (Å²) in [6, 6.07) is 61.0. The topological polar surface area (TPSA) is 42.8 Å². The molecule has 9 aliphatic rings. The molecule has 3 spiro atoms. The highest BCUT2D eigenvalue weighted by Crippen LogP contribution is 2.51. The van der Waals surface area contributed by atoms with Gasteiger partial charge < -0.3 is 4.74 Å². The van der Waals surface area contributed by atoms with Crippen LogP contribution in [-0.2, 0) is 0 Å². The van der Waals surface area contributed by atoms with Crippen LogP contribution in [-0.4, -0.2) is 39.5 Å². The molecule has 6 nitrogen and oxygen atoms in total. The molecule has 0 unspecified atom stereocenters. The number of quaternary nitrogens is 1. The number of fused-ring (bicyclic) bond motifs is 16. The molecule has 0 bridgehead atoms. The largest absolute Gasteiger partial charge is 0.444 e. The first-order valence-electron chi connectivity index (χ1n) is 23.2. The second-order valence-corrected chi connectivity index (χ2v) is 26.9. The lowest BCUT2D eigenvalue weighted by molar-refractivity contribution is -1.03. The standard InChI is InChI=1S/C56H30B2N5OSi2/c1-5-17-39-31(11-1)32-12-2-6-18-40(32)65(39)43-23-21-37-53-49(43)57-47-45(65)25-27-59-51(47)35-15-9-29-61(55(35)57)63(53)54-38(64-37)22-24-44-50(54)58-48-46(26-28-60-52(48)36-16-10-30-62(63)56(36)58)66(44)41-19-7-3-13-33(41)34-14-4-8-20-42(34)66/h1-30H/q+3. The van der Waals surface area contributed by atoms with Gasteiger partial charge in [-0.2, -0.15) is 0 Å². The van der Waals surface area contributed by atoms with E-state index < -0.39 is 16.1 Å². The Morgan fingerprint density at radius 1 is 0.379 bits per heavy atom. The third-order valence-electron chi connectivity index (χ3n) is 17.6. The number of hydrogen-bond acceptors (Lipinski definition) is 3. The van der Waals surface area contributed by atoms with Crippen LogP contribution in [0.2, 0.25) is 0 Å². The summed E-state index contributed by atoms with van der Waals surface area (Å²) in [4.78, 5) is 10.8. The van der Waals surface area contributed by atoms with Gasteiger partial charge in [-0.15, -0.1) is 0 Å². The summed E-state index contributed by atoms with van der Waals surface area (Å²) in [5.74, 6) is 1.85. The summed E-state index contributed by atoms with van der Waals surface area (Å²) >= 11 is 0. The quantitative estimate of drug-likeness (QED) is 0.120. The summed E-state index contributed by atoms with van der Waals surface area (Å²) in [6.07, 6.45) is 8.96. The minimum absolute atomic E-state index is 0.00816. The summed E-state index contributed by atoms with van der Waals surface area (Å²) < 4.78 is 13.2. The highest BCUT2D eigenvalue weighted by atomic mass is 28.3. The maximum absolute atomic E-state index is 7.58. The van der Waals surface area contributed by atoms with Gasteiger partial charge in [0.1, 0.15) is 0 Å². The SMILES string of the molecule is c1ccc2c(c1)-c1ccccc1[Si]21c2ccnc3c2B2c4c1ccc1c4[N+]4(c5c(ccc6c5B5c7c(ccnc7-c7ccc[n+]4c75)[Si]64c5ccccc5-c5ccccc54)O1)[n+]1cccc-3c12. The molecule has 19 rings (SSSR count). The van der Waals surface area contributed by atoms with Gasteiger partial charge in [-0.05, 0) is 111 Å². The lowest BCUT2D eigenvalue weighted by Gasteiger charge is -2.45. The number of aromatic nitrogens is 4. The van der Waals surface area contributed by atoms with Crippen LogP contribution < -0.4 is 93.3 Å². The van der Waals surface area contributed by atoms with Crippen molar-refractivity contribution >= 4 is 115 Å². The average molecular weight is 867 g/mol. The van der Waals surface area contributed by atoms with Crippen molar-refractivity contribution in [2.75, 3.05) is 0 Å². The van der Waals surface area contributed by atoms with E-state index >= 15 is 0 Å². The van der Waals surface area contributed by atoms with Gasteiger partial charge in [0.05, 0.1) is 22.5 Å². The van der Waals surface area contributed by atoms with E-state index in [-0.39, 0.29) is 13.4 Å². The summed E-state index contributed by atoms with van der Waals surface area (Å²) in [5, 5.41) is 11.8. The first-order valence-corrected chi connectivity index (χ1v) is 27.2. The highest BCUT2D eigenvalue weighted by Gasteiger charge is 2.78. The highest BCUT2D eigenvalue weighted by molar-refractivity contribution is 7.30. The van der Waals surface area contributed by atoms with Crippen LogP contribution in [0.4, 0.5) is 11.4 Å². The molecule has 0 fully saturated rings. The van der Waals surface area contributed by atoms with Crippen molar-refractivity contribution in [3.63, 3.8) is 0 Å². The van der Waals surface area contributed by atoms with Crippen molar-refractivity contribution in [3.05, 3.63) is 183 Å². The third kappa shape index (κ3) is 2.93. The fraction of sp³-hybridized carbons (Fsp3) is 0. The molecule has 0 saturated heterocycles. The van der Waals surface area contributed by atoms with E-state index in [9.17, 15) is 0 Å². The number of hydrogen-bond donors (Lipinski definition) is 0. The number of rotatable bonds is 0. The Morgan fingerprint density at radius 2 is 0.758 bits per heavy atom. The lowest BCUT2D eigenvalue weighted by atomic mass is 9.38. The average Bonchev–Trinajstić information content (AvgIpc) is 4.09.